The Morgan fingerprint density at radius 1 is 0.765 bits per heavy atom. The van der Waals surface area contributed by atoms with E-state index in [0.29, 0.717) is 17.3 Å². The maximum atomic E-state index is 4.93. The Kier molecular flexibility index (Phi) is 15.4. The van der Waals surface area contributed by atoms with Crippen molar-refractivity contribution in [1.29, 1.82) is 0 Å². The number of benzene rings is 3. The maximum absolute atomic E-state index is 4.93. The molecular formula is C47H60Cl2SiZr. The summed E-state index contributed by atoms with van der Waals surface area (Å²) in [5.41, 5.74) is 9.39. The molecule has 2 radical (unpaired) electrons. The summed E-state index contributed by atoms with van der Waals surface area (Å²) in [5.74, 6) is 4.39. The molecule has 4 saturated carbocycles. The fourth-order valence-corrected chi connectivity index (χ4v) is 10.0. The van der Waals surface area contributed by atoms with Gasteiger partial charge in [0, 0.05) is 9.52 Å². The Morgan fingerprint density at radius 3 is 1.88 bits per heavy atom. The first kappa shape index (κ1) is 40.7. The molecule has 270 valence electrons. The molecule has 2 atom stereocenters. The summed E-state index contributed by atoms with van der Waals surface area (Å²) in [4.78, 5) is 0. The number of aryl methyl sites for hydroxylation is 1. The average Bonchev–Trinajstić information content (AvgIpc) is 3.77. The summed E-state index contributed by atoms with van der Waals surface area (Å²) in [6, 6.07) is 32.8. The molecule has 4 fully saturated rings. The van der Waals surface area contributed by atoms with Crippen molar-refractivity contribution in [3.63, 3.8) is 0 Å². The predicted octanol–water partition coefficient (Wildman–Crippen LogP) is 15.4. The molecule has 0 saturated heterocycles. The fraction of sp³-hybridized carbons (Fsp3) is 0.489. The van der Waals surface area contributed by atoms with Gasteiger partial charge < -0.3 is 0 Å². The molecule has 4 aliphatic rings. The van der Waals surface area contributed by atoms with Gasteiger partial charge in [-0.3, -0.25) is 0 Å². The Hall–Kier alpha value is -1.44. The monoisotopic (exact) mass is 812 g/mol. The van der Waals surface area contributed by atoms with E-state index in [-0.39, 0.29) is 0 Å². The number of halogens is 2. The first-order valence-corrected chi connectivity index (χ1v) is 28.1. The van der Waals surface area contributed by atoms with Crippen LogP contribution in [0, 0.1) is 17.8 Å². The summed E-state index contributed by atoms with van der Waals surface area (Å²) in [7, 11) is 11.0. The minimum atomic E-state index is -0.826. The Balaban J connectivity index is 0.000000183. The van der Waals surface area contributed by atoms with Gasteiger partial charge in [0.25, 0.3) is 0 Å². The number of rotatable bonds is 8. The van der Waals surface area contributed by atoms with Crippen LogP contribution >= 0.6 is 17.0 Å². The molecule has 0 amide bonds. The average molecular weight is 815 g/mol. The van der Waals surface area contributed by atoms with Gasteiger partial charge in [-0.1, -0.05) is 108 Å². The van der Waals surface area contributed by atoms with Crippen LogP contribution < -0.4 is 0 Å². The molecule has 0 nitrogen and oxygen atoms in total. The number of hydrogen-bond acceptors (Lipinski definition) is 0. The number of fused-ring (bicyclic) bond motifs is 2. The molecule has 0 spiro atoms. The van der Waals surface area contributed by atoms with Crippen LogP contribution in [0.4, 0.5) is 0 Å². The van der Waals surface area contributed by atoms with Gasteiger partial charge in [0.2, 0.25) is 0 Å². The van der Waals surface area contributed by atoms with Crippen LogP contribution in [0.3, 0.4) is 0 Å². The molecule has 4 heteroatoms. The van der Waals surface area contributed by atoms with E-state index >= 15 is 0 Å². The molecule has 5 aromatic carbocycles. The quantitative estimate of drug-likeness (QED) is 0.108. The third-order valence-corrected chi connectivity index (χ3v) is 12.3. The van der Waals surface area contributed by atoms with Gasteiger partial charge in [0.05, 0.1) is 0 Å². The zero-order valence-electron chi connectivity index (χ0n) is 32.3. The van der Waals surface area contributed by atoms with Gasteiger partial charge in [0.15, 0.2) is 0 Å². The second-order valence-corrected chi connectivity index (χ2v) is 20.7. The fourth-order valence-electron chi connectivity index (χ4n) is 10.0. The third kappa shape index (κ3) is 9.63. The molecule has 51 heavy (non-hydrogen) atoms. The van der Waals surface area contributed by atoms with Crippen molar-refractivity contribution in [2.75, 3.05) is 0 Å². The van der Waals surface area contributed by atoms with Crippen molar-refractivity contribution in [2.24, 2.45) is 17.8 Å². The molecule has 0 aromatic heterocycles. The first-order chi connectivity index (χ1) is 24.7. The van der Waals surface area contributed by atoms with E-state index < -0.39 is 20.8 Å². The van der Waals surface area contributed by atoms with E-state index in [2.05, 4.69) is 133 Å². The Labute approximate surface area is 331 Å². The van der Waals surface area contributed by atoms with Crippen LogP contribution in [0.1, 0.15) is 126 Å². The second-order valence-electron chi connectivity index (χ2n) is 16.0. The molecule has 9 rings (SSSR count). The summed E-state index contributed by atoms with van der Waals surface area (Å²) in [6.07, 6.45) is 13.8. The third-order valence-electron chi connectivity index (χ3n) is 12.3. The Morgan fingerprint density at radius 2 is 1.33 bits per heavy atom. The zero-order chi connectivity index (χ0) is 36.5. The van der Waals surface area contributed by atoms with Gasteiger partial charge in [-0.15, -0.1) is 69.1 Å². The van der Waals surface area contributed by atoms with Crippen LogP contribution in [0.5, 0.6) is 0 Å². The Bertz CT molecular complexity index is 1760. The van der Waals surface area contributed by atoms with E-state index in [1.54, 1.807) is 5.56 Å². The predicted molar refractivity (Wildman–Crippen MR) is 225 cm³/mol. The summed E-state index contributed by atoms with van der Waals surface area (Å²) in [5, 5.41) is 5.70. The van der Waals surface area contributed by atoms with E-state index in [9.17, 15) is 0 Å². The van der Waals surface area contributed by atoms with Gasteiger partial charge in [0.1, 0.15) is 0 Å². The second kappa shape index (κ2) is 19.2. The molecule has 0 aliphatic heterocycles. The minimum absolute atomic E-state index is 0.509. The standard InChI is InChI=1S/C27H29.C18H25.C2H6Si.2ClH.Zr/c1-2-18-13-23-4-3-5-25(26(23)14-18)22-6-8-24(9-7-22)27-15-19-10-20(16-27)12-21(11-19)17-27;1-5-8-14(4)16-11-15-9-7-10-17(13(3)6-2)18(15)12-16;1-3-2;;;/h3-9,13-14,19-21H,2,10-12,15-17H2,1H3;7,9-14H,5-6,8H2,1-4H3;1-2H3;2*1H;/q2*-1;;;;+4/p-2. The van der Waals surface area contributed by atoms with E-state index in [1.165, 1.54) is 107 Å². The van der Waals surface area contributed by atoms with Crippen LogP contribution in [0.2, 0.25) is 13.1 Å². The zero-order valence-corrected chi connectivity index (χ0v) is 37.3. The summed E-state index contributed by atoms with van der Waals surface area (Å²) >= 11 is -0.826. The first-order valence-electron chi connectivity index (χ1n) is 19.8. The molecule has 2 unspecified atom stereocenters. The van der Waals surface area contributed by atoms with Crippen molar-refractivity contribution in [3.8, 4) is 11.1 Å². The normalized spacial score (nSPS) is 22.6. The van der Waals surface area contributed by atoms with Crippen molar-refractivity contribution in [1.82, 2.24) is 0 Å². The molecule has 0 N–H and O–H groups in total. The van der Waals surface area contributed by atoms with Crippen LogP contribution in [0.25, 0.3) is 32.7 Å². The van der Waals surface area contributed by atoms with E-state index in [0.717, 1.165) is 33.7 Å². The summed E-state index contributed by atoms with van der Waals surface area (Å²) < 4.78 is 0. The SMILES string of the molecule is CCCC(C)c1cc2c(C(C)CC)cccc2[cH-]1.CCc1cc2c(-c3ccc(C45CC6CC(CC(C6)C4)C5)cc3)cccc2[cH-]1.C[Si]C.[Cl][Zr+2][Cl]. The van der Waals surface area contributed by atoms with Crippen molar-refractivity contribution in [3.05, 3.63) is 107 Å². The van der Waals surface area contributed by atoms with E-state index in [1.807, 2.05) is 0 Å². The van der Waals surface area contributed by atoms with Gasteiger partial charge in [-0.2, -0.15) is 12.1 Å². The van der Waals surface area contributed by atoms with Gasteiger partial charge in [-0.05, 0) is 97.5 Å². The van der Waals surface area contributed by atoms with Gasteiger partial charge >= 0.3 is 37.9 Å². The van der Waals surface area contributed by atoms with E-state index in [4.69, 9.17) is 17.0 Å². The summed E-state index contributed by atoms with van der Waals surface area (Å²) in [6.45, 7) is 15.8. The van der Waals surface area contributed by atoms with Crippen LogP contribution in [-0.2, 0) is 32.7 Å². The molecule has 5 aromatic rings. The molecule has 0 heterocycles. The van der Waals surface area contributed by atoms with Crippen LogP contribution in [0.15, 0.2) is 84.9 Å². The van der Waals surface area contributed by atoms with Gasteiger partial charge in [-0.25, -0.2) is 0 Å². The topological polar surface area (TPSA) is 0 Å². The van der Waals surface area contributed by atoms with Crippen molar-refractivity contribution in [2.45, 2.75) is 129 Å². The van der Waals surface area contributed by atoms with Crippen molar-refractivity contribution < 1.29 is 20.8 Å². The van der Waals surface area contributed by atoms with Crippen LogP contribution in [-0.4, -0.2) is 9.52 Å². The molecule has 4 bridgehead atoms. The number of hydrogen-bond donors (Lipinski definition) is 0. The van der Waals surface area contributed by atoms with Crippen molar-refractivity contribution >= 4 is 48.1 Å². The molecule has 4 aliphatic carbocycles. The molecular weight excluding hydrogens is 755 g/mol.